The second-order valence-electron chi connectivity index (χ2n) is 6.37. The van der Waals surface area contributed by atoms with E-state index in [1.165, 1.54) is 17.0 Å². The maximum Gasteiger partial charge on any atom is 0.255 e. The van der Waals surface area contributed by atoms with Gasteiger partial charge in [-0.2, -0.15) is 0 Å². The fourth-order valence-electron chi connectivity index (χ4n) is 3.21. The van der Waals surface area contributed by atoms with Crippen LogP contribution in [-0.4, -0.2) is 39.2 Å². The van der Waals surface area contributed by atoms with Crippen LogP contribution in [0.1, 0.15) is 11.7 Å². The molecule has 4 rings (SSSR count). The second kappa shape index (κ2) is 7.87. The molecule has 0 radical (unpaired) electrons. The van der Waals surface area contributed by atoms with Crippen molar-refractivity contribution in [2.75, 3.05) is 24.6 Å². The van der Waals surface area contributed by atoms with Gasteiger partial charge in [0.1, 0.15) is 12.4 Å². The molecule has 3 aromatic rings. The van der Waals surface area contributed by atoms with E-state index in [1.807, 2.05) is 4.90 Å². The number of halogens is 2. The third kappa shape index (κ3) is 3.61. The Hall–Kier alpha value is -2.48. The Morgan fingerprint density at radius 3 is 2.68 bits per heavy atom. The lowest BCUT2D eigenvalue weighted by Crippen LogP contribution is -2.42. The molecule has 0 N–H and O–H groups in total. The van der Waals surface area contributed by atoms with Gasteiger partial charge in [0.05, 0.1) is 24.5 Å². The van der Waals surface area contributed by atoms with E-state index in [4.69, 9.17) is 27.9 Å². The molecule has 1 atom stereocenters. The molecule has 0 bridgehead atoms. The van der Waals surface area contributed by atoms with E-state index in [-0.39, 0.29) is 11.7 Å². The Kier molecular flexibility index (Phi) is 5.30. The zero-order valence-electron chi connectivity index (χ0n) is 15.0. The normalized spacial score (nSPS) is 17.0. The molecule has 0 saturated carbocycles. The van der Waals surface area contributed by atoms with Gasteiger partial charge >= 0.3 is 0 Å². The molecule has 0 amide bonds. The van der Waals surface area contributed by atoms with Crippen LogP contribution >= 0.6 is 23.2 Å². The molecule has 7 nitrogen and oxygen atoms in total. The van der Waals surface area contributed by atoms with Crippen molar-refractivity contribution >= 4 is 29.2 Å². The van der Waals surface area contributed by atoms with Gasteiger partial charge in [0.2, 0.25) is 5.95 Å². The predicted octanol–water partition coefficient (Wildman–Crippen LogP) is 3.12. The van der Waals surface area contributed by atoms with E-state index >= 15 is 0 Å². The summed E-state index contributed by atoms with van der Waals surface area (Å²) in [6, 6.07) is 8.56. The smallest absolute Gasteiger partial charge is 0.255 e. The van der Waals surface area contributed by atoms with E-state index in [0.29, 0.717) is 47.1 Å². The summed E-state index contributed by atoms with van der Waals surface area (Å²) in [4.78, 5) is 27.3. The Bertz CT molecular complexity index is 1040. The molecule has 1 fully saturated rings. The topological polar surface area (TPSA) is 73.1 Å². The highest BCUT2D eigenvalue weighted by Crippen LogP contribution is 2.35. The third-order valence-corrected chi connectivity index (χ3v) is 5.29. The molecule has 1 aromatic carbocycles. The molecule has 1 saturated heterocycles. The van der Waals surface area contributed by atoms with Gasteiger partial charge in [-0.15, -0.1) is 0 Å². The second-order valence-corrected chi connectivity index (χ2v) is 7.19. The van der Waals surface area contributed by atoms with Crippen LogP contribution in [0.2, 0.25) is 10.0 Å². The third-order valence-electron chi connectivity index (χ3n) is 4.63. The molecule has 0 aliphatic carbocycles. The van der Waals surface area contributed by atoms with Gasteiger partial charge in [-0.1, -0.05) is 29.3 Å². The Morgan fingerprint density at radius 1 is 1.18 bits per heavy atom. The fourth-order valence-corrected chi connectivity index (χ4v) is 3.85. The van der Waals surface area contributed by atoms with Gasteiger partial charge in [-0.25, -0.2) is 15.0 Å². The van der Waals surface area contributed by atoms with Crippen LogP contribution in [0.4, 0.5) is 5.95 Å². The van der Waals surface area contributed by atoms with E-state index in [9.17, 15) is 4.79 Å². The van der Waals surface area contributed by atoms with Crippen molar-refractivity contribution in [1.29, 1.82) is 0 Å². The van der Waals surface area contributed by atoms with Gasteiger partial charge in [0.15, 0.2) is 0 Å². The average molecular weight is 418 g/mol. The minimum Gasteiger partial charge on any atom is -0.370 e. The number of hydrogen-bond acceptors (Lipinski definition) is 6. The Balaban J connectivity index is 1.71. The number of ether oxygens (including phenoxy) is 1. The number of benzene rings is 1. The summed E-state index contributed by atoms with van der Waals surface area (Å²) in [6.07, 6.45) is 2.72. The molecule has 1 aliphatic heterocycles. The van der Waals surface area contributed by atoms with E-state index in [2.05, 4.69) is 15.0 Å². The van der Waals surface area contributed by atoms with Gasteiger partial charge in [-0.3, -0.25) is 9.36 Å². The van der Waals surface area contributed by atoms with Crippen molar-refractivity contribution < 1.29 is 4.74 Å². The molecule has 0 unspecified atom stereocenters. The predicted molar refractivity (Wildman–Crippen MR) is 108 cm³/mol. The van der Waals surface area contributed by atoms with Crippen LogP contribution in [0.5, 0.6) is 0 Å². The first-order chi connectivity index (χ1) is 13.5. The molecule has 0 spiro atoms. The van der Waals surface area contributed by atoms with Crippen molar-refractivity contribution in [2.24, 2.45) is 7.05 Å². The lowest BCUT2D eigenvalue weighted by molar-refractivity contribution is 0.0391. The first-order valence-corrected chi connectivity index (χ1v) is 9.45. The summed E-state index contributed by atoms with van der Waals surface area (Å²) in [7, 11) is 1.70. The maximum absolute atomic E-state index is 12.5. The molecular formula is C19H17Cl2N5O2. The number of aromatic nitrogens is 4. The van der Waals surface area contributed by atoms with Crippen molar-refractivity contribution in [1.82, 2.24) is 19.5 Å². The summed E-state index contributed by atoms with van der Waals surface area (Å²) in [5.41, 5.74) is 1.66. The standard InChI is InChI=1S/C19H17Cl2N5O2/c1-25-17(27)9-15(14-5-6-22-11-23-14)24-19(25)26-7-8-28-16(10-26)18-12(20)3-2-4-13(18)21/h2-6,9,11,16H,7-8,10H2,1H3/t16-/m1/s1. The van der Waals surface area contributed by atoms with Gasteiger partial charge in [0, 0.05) is 41.5 Å². The SMILES string of the molecule is Cn1c(N2CCO[C@@H](c3c(Cl)cccc3Cl)C2)nc(-c2ccncn2)cc1=O. The number of nitrogens with zero attached hydrogens (tertiary/aromatic N) is 5. The highest BCUT2D eigenvalue weighted by Gasteiger charge is 2.28. The van der Waals surface area contributed by atoms with Crippen molar-refractivity contribution in [2.45, 2.75) is 6.10 Å². The molecule has 1 aliphatic rings. The fraction of sp³-hybridized carbons (Fsp3) is 0.263. The molecule has 2 aromatic heterocycles. The molecule has 9 heteroatoms. The average Bonchev–Trinajstić information content (AvgIpc) is 2.71. The number of hydrogen-bond donors (Lipinski definition) is 0. The van der Waals surface area contributed by atoms with Gasteiger partial charge < -0.3 is 9.64 Å². The summed E-state index contributed by atoms with van der Waals surface area (Å²) in [5.74, 6) is 0.539. The van der Waals surface area contributed by atoms with Crippen LogP contribution in [0.25, 0.3) is 11.4 Å². The van der Waals surface area contributed by atoms with Gasteiger partial charge in [-0.05, 0) is 18.2 Å². The number of anilines is 1. The highest BCUT2D eigenvalue weighted by molar-refractivity contribution is 6.36. The summed E-state index contributed by atoms with van der Waals surface area (Å²) < 4.78 is 7.43. The molecule has 3 heterocycles. The monoisotopic (exact) mass is 417 g/mol. The zero-order valence-corrected chi connectivity index (χ0v) is 16.6. The Morgan fingerprint density at radius 2 is 1.96 bits per heavy atom. The van der Waals surface area contributed by atoms with Crippen molar-refractivity contribution in [3.8, 4) is 11.4 Å². The largest absolute Gasteiger partial charge is 0.370 e. The van der Waals surface area contributed by atoms with Crippen molar-refractivity contribution in [3.63, 3.8) is 0 Å². The number of morpholine rings is 1. The molecule has 144 valence electrons. The molecular weight excluding hydrogens is 401 g/mol. The van der Waals surface area contributed by atoms with Gasteiger partial charge in [0.25, 0.3) is 5.56 Å². The minimum absolute atomic E-state index is 0.169. The quantitative estimate of drug-likeness (QED) is 0.651. The summed E-state index contributed by atoms with van der Waals surface area (Å²) in [6.45, 7) is 1.52. The van der Waals surface area contributed by atoms with E-state index in [1.54, 1.807) is 37.5 Å². The minimum atomic E-state index is -0.324. The van der Waals surface area contributed by atoms with E-state index < -0.39 is 0 Å². The van der Waals surface area contributed by atoms with Crippen LogP contribution in [0.15, 0.2) is 47.7 Å². The highest BCUT2D eigenvalue weighted by atomic mass is 35.5. The van der Waals surface area contributed by atoms with E-state index in [0.717, 1.165) is 5.56 Å². The number of rotatable bonds is 3. The first-order valence-electron chi connectivity index (χ1n) is 8.69. The maximum atomic E-state index is 12.5. The first kappa shape index (κ1) is 18.9. The van der Waals surface area contributed by atoms with Crippen LogP contribution in [0, 0.1) is 0 Å². The van der Waals surface area contributed by atoms with Crippen LogP contribution < -0.4 is 10.5 Å². The zero-order chi connectivity index (χ0) is 19.7. The lowest BCUT2D eigenvalue weighted by Gasteiger charge is -2.35. The lowest BCUT2D eigenvalue weighted by atomic mass is 10.1. The Labute approximate surface area is 171 Å². The van der Waals surface area contributed by atoms with Crippen LogP contribution in [0.3, 0.4) is 0 Å². The summed E-state index contributed by atoms with van der Waals surface area (Å²) in [5, 5.41) is 1.10. The molecule has 28 heavy (non-hydrogen) atoms. The van der Waals surface area contributed by atoms with Crippen LogP contribution in [-0.2, 0) is 11.8 Å². The summed E-state index contributed by atoms with van der Waals surface area (Å²) >= 11 is 12.7. The van der Waals surface area contributed by atoms with Crippen molar-refractivity contribution in [3.05, 3.63) is 68.8 Å².